The highest BCUT2D eigenvalue weighted by Gasteiger charge is 2.32. The van der Waals surface area contributed by atoms with Gasteiger partial charge < -0.3 is 30.9 Å². The van der Waals surface area contributed by atoms with Crippen molar-refractivity contribution in [2.45, 2.75) is 24.5 Å². The van der Waals surface area contributed by atoms with Gasteiger partial charge in [-0.05, 0) is 30.5 Å². The number of aromatic amines is 1. The number of aliphatic hydroxyl groups is 2. The summed E-state index contributed by atoms with van der Waals surface area (Å²) in [6, 6.07) is 16.8. The van der Waals surface area contributed by atoms with Crippen LogP contribution in [0.25, 0.3) is 10.9 Å². The second-order valence-electron chi connectivity index (χ2n) is 7.69. The van der Waals surface area contributed by atoms with Gasteiger partial charge in [-0.15, -0.1) is 0 Å². The van der Waals surface area contributed by atoms with Crippen molar-refractivity contribution in [3.63, 3.8) is 0 Å². The number of amides is 1. The van der Waals surface area contributed by atoms with Crippen LogP contribution in [0.1, 0.15) is 18.1 Å². The minimum atomic E-state index is -1.45. The second kappa shape index (κ2) is 8.65. The maximum absolute atomic E-state index is 11.4. The second-order valence-corrected chi connectivity index (χ2v) is 7.69. The molecule has 29 heavy (non-hydrogen) atoms. The van der Waals surface area contributed by atoms with Gasteiger partial charge in [0.05, 0.1) is 12.1 Å². The number of aromatic nitrogens is 1. The van der Waals surface area contributed by atoms with Crippen LogP contribution in [0.3, 0.4) is 0 Å². The molecule has 7 nitrogen and oxygen atoms in total. The van der Waals surface area contributed by atoms with E-state index in [4.69, 9.17) is 0 Å². The van der Waals surface area contributed by atoms with Gasteiger partial charge in [-0.3, -0.25) is 0 Å². The zero-order valence-corrected chi connectivity index (χ0v) is 16.4. The van der Waals surface area contributed by atoms with Crippen LogP contribution in [-0.2, 0) is 12.0 Å². The van der Waals surface area contributed by atoms with Gasteiger partial charge in [0.15, 0.2) is 0 Å². The number of hydrogen-bond donors (Lipinski definition) is 6. The molecule has 0 saturated heterocycles. The van der Waals surface area contributed by atoms with E-state index in [1.807, 2.05) is 43.5 Å². The third kappa shape index (κ3) is 4.95. The molecular formula is C22H27N3O4. The molecule has 1 heterocycles. The molecular weight excluding hydrogens is 370 g/mol. The summed E-state index contributed by atoms with van der Waals surface area (Å²) in [5, 5.41) is 36.7. The number of H-pyrrole nitrogens is 1. The molecule has 1 aromatic heterocycles. The molecule has 1 amide bonds. The van der Waals surface area contributed by atoms with Crippen molar-refractivity contribution >= 4 is 17.0 Å². The molecule has 6 N–H and O–H groups in total. The molecule has 3 rings (SSSR count). The van der Waals surface area contributed by atoms with E-state index >= 15 is 0 Å². The number of rotatable bonds is 9. The number of hydrogen-bond acceptors (Lipinski definition) is 4. The van der Waals surface area contributed by atoms with E-state index in [9.17, 15) is 20.1 Å². The molecule has 154 valence electrons. The summed E-state index contributed by atoms with van der Waals surface area (Å²) in [7, 11) is 0. The topological polar surface area (TPSA) is 118 Å². The Morgan fingerprint density at radius 2 is 1.76 bits per heavy atom. The maximum Gasteiger partial charge on any atom is 0.405 e. The Labute approximate surface area is 169 Å². The van der Waals surface area contributed by atoms with Gasteiger partial charge in [0, 0.05) is 30.2 Å². The van der Waals surface area contributed by atoms with Gasteiger partial charge in [0.1, 0.15) is 5.60 Å². The minimum Gasteiger partial charge on any atom is -0.465 e. The molecule has 2 aromatic carbocycles. The molecule has 0 aliphatic carbocycles. The zero-order chi connectivity index (χ0) is 20.9. The highest BCUT2D eigenvalue weighted by molar-refractivity contribution is 5.83. The number of aliphatic hydroxyl groups excluding tert-OH is 1. The van der Waals surface area contributed by atoms with Crippen molar-refractivity contribution in [1.82, 2.24) is 15.6 Å². The average molecular weight is 397 g/mol. The molecule has 0 radical (unpaired) electrons. The third-order valence-corrected chi connectivity index (χ3v) is 5.17. The molecule has 0 saturated carbocycles. The Balaban J connectivity index is 1.74. The monoisotopic (exact) mass is 397 g/mol. The Morgan fingerprint density at radius 1 is 1.07 bits per heavy atom. The third-order valence-electron chi connectivity index (χ3n) is 5.17. The number of benzene rings is 2. The first kappa shape index (κ1) is 20.9. The summed E-state index contributed by atoms with van der Waals surface area (Å²) in [5.41, 5.74) is 0.321. The molecule has 0 bridgehead atoms. The van der Waals surface area contributed by atoms with Crippen LogP contribution in [0.4, 0.5) is 4.79 Å². The van der Waals surface area contributed by atoms with Gasteiger partial charge in [0.25, 0.3) is 0 Å². The first-order valence-electron chi connectivity index (χ1n) is 9.51. The number of carbonyl (C=O) groups is 1. The minimum absolute atomic E-state index is 0.0816. The smallest absolute Gasteiger partial charge is 0.405 e. The highest BCUT2D eigenvalue weighted by Crippen LogP contribution is 2.23. The van der Waals surface area contributed by atoms with E-state index in [1.165, 1.54) is 0 Å². The molecule has 0 fully saturated rings. The Bertz CT molecular complexity index is 959. The van der Waals surface area contributed by atoms with Crippen LogP contribution in [-0.4, -0.2) is 51.6 Å². The molecule has 0 aliphatic heterocycles. The summed E-state index contributed by atoms with van der Waals surface area (Å²) in [5.74, 6) is 0. The Kier molecular flexibility index (Phi) is 6.22. The summed E-state index contributed by atoms with van der Waals surface area (Å²) in [6.45, 7) is 1.72. The van der Waals surface area contributed by atoms with Crippen LogP contribution in [0, 0.1) is 0 Å². The van der Waals surface area contributed by atoms with E-state index in [-0.39, 0.29) is 13.1 Å². The van der Waals surface area contributed by atoms with Gasteiger partial charge >= 0.3 is 6.09 Å². The van der Waals surface area contributed by atoms with Gasteiger partial charge in [-0.1, -0.05) is 48.5 Å². The van der Waals surface area contributed by atoms with Crippen molar-refractivity contribution in [2.75, 3.05) is 19.7 Å². The van der Waals surface area contributed by atoms with Crippen molar-refractivity contribution in [3.05, 3.63) is 71.9 Å². The van der Waals surface area contributed by atoms with Crippen LogP contribution in [0.5, 0.6) is 0 Å². The lowest BCUT2D eigenvalue weighted by Crippen LogP contribution is -2.55. The quantitative estimate of drug-likeness (QED) is 0.331. The van der Waals surface area contributed by atoms with Crippen LogP contribution in [0.2, 0.25) is 0 Å². The van der Waals surface area contributed by atoms with E-state index in [0.29, 0.717) is 12.0 Å². The standard InChI is InChI=1S/C22H27N3O4/c1-21(25-20(27)28,11-16-12-24-19-10-6-5-9-18(16)19)13-23-14-22(29,15-26)17-7-3-2-4-8-17/h2-10,12,23-26,29H,11,13-15H2,1H3,(H,27,28). The first-order chi connectivity index (χ1) is 13.9. The molecule has 2 atom stereocenters. The highest BCUT2D eigenvalue weighted by atomic mass is 16.4. The molecule has 0 aliphatic rings. The van der Waals surface area contributed by atoms with Crippen molar-refractivity contribution < 1.29 is 20.1 Å². The van der Waals surface area contributed by atoms with Gasteiger partial charge in [-0.2, -0.15) is 0 Å². The van der Waals surface area contributed by atoms with Gasteiger partial charge in [0.2, 0.25) is 0 Å². The number of para-hydroxylation sites is 1. The summed E-state index contributed by atoms with van der Waals surface area (Å²) >= 11 is 0. The molecule has 2 unspecified atom stereocenters. The fourth-order valence-corrected chi connectivity index (χ4v) is 3.65. The van der Waals surface area contributed by atoms with Crippen molar-refractivity contribution in [2.24, 2.45) is 0 Å². The molecule has 7 heteroatoms. The lowest BCUT2D eigenvalue weighted by Gasteiger charge is -2.33. The number of fused-ring (bicyclic) bond motifs is 1. The van der Waals surface area contributed by atoms with Crippen molar-refractivity contribution in [3.8, 4) is 0 Å². The molecule has 3 aromatic rings. The number of carboxylic acid groups (broad SMARTS) is 1. The predicted octanol–water partition coefficient (Wildman–Crippen LogP) is 2.21. The SMILES string of the molecule is CC(CNCC(O)(CO)c1ccccc1)(Cc1c[nH]c2ccccc12)NC(=O)O. The van der Waals surface area contributed by atoms with Crippen LogP contribution >= 0.6 is 0 Å². The number of nitrogens with one attached hydrogen (secondary N) is 3. The fraction of sp³-hybridized carbons (Fsp3) is 0.318. The van der Waals surface area contributed by atoms with Gasteiger partial charge in [-0.25, -0.2) is 4.79 Å². The van der Waals surface area contributed by atoms with Crippen LogP contribution < -0.4 is 10.6 Å². The van der Waals surface area contributed by atoms with E-state index in [1.54, 1.807) is 24.3 Å². The van der Waals surface area contributed by atoms with Crippen LogP contribution in [0.15, 0.2) is 60.8 Å². The lowest BCUT2D eigenvalue weighted by atomic mass is 9.91. The maximum atomic E-state index is 11.4. The largest absolute Gasteiger partial charge is 0.465 e. The summed E-state index contributed by atoms with van der Waals surface area (Å²) in [6.07, 6.45) is 1.23. The Hall–Kier alpha value is -2.87. The average Bonchev–Trinajstić information content (AvgIpc) is 3.10. The summed E-state index contributed by atoms with van der Waals surface area (Å²) in [4.78, 5) is 14.6. The first-order valence-corrected chi connectivity index (χ1v) is 9.51. The zero-order valence-electron chi connectivity index (χ0n) is 16.4. The Morgan fingerprint density at radius 3 is 2.45 bits per heavy atom. The fourth-order valence-electron chi connectivity index (χ4n) is 3.65. The lowest BCUT2D eigenvalue weighted by molar-refractivity contribution is -0.0188. The normalized spacial score (nSPS) is 15.6. The van der Waals surface area contributed by atoms with Crippen molar-refractivity contribution in [1.29, 1.82) is 0 Å². The molecule has 0 spiro atoms. The van der Waals surface area contributed by atoms with E-state index < -0.39 is 23.8 Å². The van der Waals surface area contributed by atoms with E-state index in [2.05, 4.69) is 15.6 Å². The van der Waals surface area contributed by atoms with E-state index in [0.717, 1.165) is 16.5 Å². The summed E-state index contributed by atoms with van der Waals surface area (Å²) < 4.78 is 0. The predicted molar refractivity (Wildman–Crippen MR) is 112 cm³/mol.